The van der Waals surface area contributed by atoms with Gasteiger partial charge < -0.3 is 15.1 Å². The molecule has 0 unspecified atom stereocenters. The van der Waals surface area contributed by atoms with Gasteiger partial charge in [-0.3, -0.25) is 4.79 Å². The number of carbonyl (C=O) groups excluding carboxylic acids is 1. The molecule has 1 aromatic carbocycles. The van der Waals surface area contributed by atoms with Crippen LogP contribution in [0.1, 0.15) is 47.3 Å². The molecule has 1 N–H and O–H groups in total. The van der Waals surface area contributed by atoms with E-state index in [0.717, 1.165) is 68.5 Å². The van der Waals surface area contributed by atoms with E-state index in [-0.39, 0.29) is 16.5 Å². The van der Waals surface area contributed by atoms with Crippen molar-refractivity contribution in [2.24, 2.45) is 0 Å². The number of allylic oxidation sites excluding steroid dienone is 4. The van der Waals surface area contributed by atoms with Gasteiger partial charge in [-0.2, -0.15) is 23.1 Å². The third-order valence-corrected chi connectivity index (χ3v) is 7.34. The molecule has 214 valence electrons. The van der Waals surface area contributed by atoms with Gasteiger partial charge in [0.2, 0.25) is 11.1 Å². The summed E-state index contributed by atoms with van der Waals surface area (Å²) in [4.78, 5) is 40.6. The van der Waals surface area contributed by atoms with Crippen LogP contribution in [-0.4, -0.2) is 69.0 Å². The highest BCUT2D eigenvalue weighted by atomic mass is 32.2. The van der Waals surface area contributed by atoms with E-state index in [9.17, 15) is 18.0 Å². The molecule has 3 heterocycles. The third kappa shape index (κ3) is 7.27. The lowest BCUT2D eigenvalue weighted by molar-refractivity contribution is -0.137. The summed E-state index contributed by atoms with van der Waals surface area (Å²) < 4.78 is 39.6. The summed E-state index contributed by atoms with van der Waals surface area (Å²) in [6, 6.07) is 6.01. The smallest absolute Gasteiger partial charge is 0.338 e. The van der Waals surface area contributed by atoms with Crippen molar-refractivity contribution in [1.29, 1.82) is 0 Å². The summed E-state index contributed by atoms with van der Waals surface area (Å²) in [5.74, 6) is 0.565. The minimum Gasteiger partial charge on any atom is -0.338 e. The number of aryl methyl sites for hydroxylation is 1. The Labute approximate surface area is 240 Å². The number of benzene rings is 1. The summed E-state index contributed by atoms with van der Waals surface area (Å²) in [5.41, 5.74) is 0.523. The number of rotatable bonds is 7. The zero-order valence-electron chi connectivity index (χ0n) is 22.6. The molecular formula is C28H29F3N8OS. The molecule has 1 saturated heterocycles. The minimum absolute atomic E-state index is 0.0119. The van der Waals surface area contributed by atoms with E-state index in [1.165, 1.54) is 18.2 Å². The number of anilines is 2. The second-order valence-electron chi connectivity index (χ2n) is 9.67. The molecule has 0 spiro atoms. The van der Waals surface area contributed by atoms with Crippen molar-refractivity contribution >= 4 is 34.9 Å². The zero-order valence-corrected chi connectivity index (χ0v) is 23.5. The van der Waals surface area contributed by atoms with Crippen LogP contribution in [0.25, 0.3) is 5.57 Å². The van der Waals surface area contributed by atoms with Crippen molar-refractivity contribution in [2.45, 2.75) is 42.7 Å². The molecule has 0 atom stereocenters. The van der Waals surface area contributed by atoms with Gasteiger partial charge in [-0.25, -0.2) is 15.0 Å². The van der Waals surface area contributed by atoms with Crippen molar-refractivity contribution in [1.82, 2.24) is 29.8 Å². The molecule has 1 aliphatic carbocycles. The number of hydrogen-bond donors (Lipinski definition) is 1. The topological polar surface area (TPSA) is 100 Å². The van der Waals surface area contributed by atoms with Crippen LogP contribution in [0, 0.1) is 0 Å². The number of halogens is 3. The maximum Gasteiger partial charge on any atom is 0.416 e. The van der Waals surface area contributed by atoms with Gasteiger partial charge in [-0.1, -0.05) is 31.2 Å². The number of piperazine rings is 1. The standard InChI is InChI=1S/C28H29F3N8OS/c1-3-23-35-25(39-14-12-38(2)13-15-39)37-27(36-23)41-26-33-21(18-8-5-4-6-9-18)17-22(34-26)24(40)32-20-11-7-10-19(16-20)28(29,30)31/h5,7-11,16-17H,3-4,6,12-15H2,1-2H3,(H,32,40). The van der Waals surface area contributed by atoms with Crippen LogP contribution in [0.5, 0.6) is 0 Å². The number of carbonyl (C=O) groups is 1. The Morgan fingerprint density at radius 2 is 1.78 bits per heavy atom. The van der Waals surface area contributed by atoms with Gasteiger partial charge in [0.1, 0.15) is 11.5 Å². The van der Waals surface area contributed by atoms with E-state index < -0.39 is 17.6 Å². The molecule has 0 radical (unpaired) electrons. The molecule has 5 rings (SSSR count). The van der Waals surface area contributed by atoms with Crippen molar-refractivity contribution in [3.8, 4) is 0 Å². The Bertz CT molecular complexity index is 1490. The Morgan fingerprint density at radius 1 is 1.00 bits per heavy atom. The van der Waals surface area contributed by atoms with Crippen LogP contribution in [0.2, 0.25) is 0 Å². The van der Waals surface area contributed by atoms with Crippen LogP contribution in [-0.2, 0) is 12.6 Å². The molecule has 2 aliphatic rings. The summed E-state index contributed by atoms with van der Waals surface area (Å²) in [5, 5.41) is 3.19. The Balaban J connectivity index is 1.46. The quantitative estimate of drug-likeness (QED) is 0.380. The fraction of sp³-hybridized carbons (Fsp3) is 0.357. The van der Waals surface area contributed by atoms with Crippen molar-refractivity contribution in [3.05, 3.63) is 71.3 Å². The van der Waals surface area contributed by atoms with E-state index in [4.69, 9.17) is 0 Å². The average Bonchev–Trinajstić information content (AvgIpc) is 2.97. The third-order valence-electron chi connectivity index (χ3n) is 6.61. The average molecular weight is 583 g/mol. The summed E-state index contributed by atoms with van der Waals surface area (Å²) in [6.07, 6.45) is 3.78. The van der Waals surface area contributed by atoms with E-state index in [1.54, 1.807) is 0 Å². The molecule has 1 fully saturated rings. The largest absolute Gasteiger partial charge is 0.416 e. The second kappa shape index (κ2) is 12.4. The number of aromatic nitrogens is 5. The number of likely N-dealkylation sites (N-methyl/N-ethyl adjacent to an activating group) is 1. The van der Waals surface area contributed by atoms with E-state index in [1.807, 2.05) is 25.2 Å². The van der Waals surface area contributed by atoms with E-state index >= 15 is 0 Å². The first-order valence-electron chi connectivity index (χ1n) is 13.3. The molecule has 3 aromatic rings. The highest BCUT2D eigenvalue weighted by Crippen LogP contribution is 2.31. The van der Waals surface area contributed by atoms with Gasteiger partial charge >= 0.3 is 6.18 Å². The van der Waals surface area contributed by atoms with Gasteiger partial charge in [0, 0.05) is 38.3 Å². The lowest BCUT2D eigenvalue weighted by atomic mass is 10.0. The van der Waals surface area contributed by atoms with Gasteiger partial charge in [-0.15, -0.1) is 0 Å². The molecule has 41 heavy (non-hydrogen) atoms. The molecule has 13 heteroatoms. The zero-order chi connectivity index (χ0) is 29.0. The number of amides is 1. The fourth-order valence-electron chi connectivity index (χ4n) is 4.33. The fourth-order valence-corrected chi connectivity index (χ4v) is 5.06. The number of nitrogens with zero attached hydrogens (tertiary/aromatic N) is 7. The lowest BCUT2D eigenvalue weighted by Crippen LogP contribution is -2.45. The number of hydrogen-bond acceptors (Lipinski definition) is 9. The van der Waals surface area contributed by atoms with Crippen LogP contribution in [0.15, 0.2) is 58.9 Å². The van der Waals surface area contributed by atoms with Gasteiger partial charge in [0.25, 0.3) is 5.91 Å². The molecular weight excluding hydrogens is 553 g/mol. The molecule has 2 aromatic heterocycles. The van der Waals surface area contributed by atoms with Gasteiger partial charge in [-0.05, 0) is 61.5 Å². The Hall–Kier alpha value is -3.84. The summed E-state index contributed by atoms with van der Waals surface area (Å²) in [7, 11) is 2.07. The number of alkyl halides is 3. The molecule has 1 aliphatic heterocycles. The molecule has 9 nitrogen and oxygen atoms in total. The Kier molecular flexibility index (Phi) is 8.64. The highest BCUT2D eigenvalue weighted by Gasteiger charge is 2.30. The van der Waals surface area contributed by atoms with Crippen LogP contribution in [0.4, 0.5) is 24.8 Å². The maximum atomic E-state index is 13.2. The van der Waals surface area contributed by atoms with Crippen LogP contribution < -0.4 is 10.2 Å². The van der Waals surface area contributed by atoms with Crippen molar-refractivity contribution in [2.75, 3.05) is 43.4 Å². The second-order valence-corrected chi connectivity index (χ2v) is 10.6. The van der Waals surface area contributed by atoms with Gasteiger partial charge in [0.15, 0.2) is 5.16 Å². The first kappa shape index (κ1) is 28.7. The maximum absolute atomic E-state index is 13.2. The summed E-state index contributed by atoms with van der Waals surface area (Å²) >= 11 is 1.12. The number of nitrogens with one attached hydrogen (secondary N) is 1. The van der Waals surface area contributed by atoms with Gasteiger partial charge in [0.05, 0.1) is 11.3 Å². The normalized spacial score (nSPS) is 16.0. The first-order chi connectivity index (χ1) is 19.7. The summed E-state index contributed by atoms with van der Waals surface area (Å²) in [6.45, 7) is 5.34. The minimum atomic E-state index is -4.53. The molecule has 0 bridgehead atoms. The molecule has 1 amide bonds. The monoisotopic (exact) mass is 582 g/mol. The Morgan fingerprint density at radius 3 is 2.49 bits per heavy atom. The van der Waals surface area contributed by atoms with Crippen LogP contribution >= 0.6 is 11.8 Å². The highest BCUT2D eigenvalue weighted by molar-refractivity contribution is 7.99. The lowest BCUT2D eigenvalue weighted by Gasteiger charge is -2.32. The van der Waals surface area contributed by atoms with E-state index in [0.29, 0.717) is 29.0 Å². The first-order valence-corrected chi connectivity index (χ1v) is 14.1. The van der Waals surface area contributed by atoms with Crippen molar-refractivity contribution < 1.29 is 18.0 Å². The SMILES string of the molecule is CCc1nc(Sc2nc(C(=O)Nc3cccc(C(F)(F)F)c3)cc(C3=CCCC=C3)n2)nc(N2CCN(C)CC2)n1. The van der Waals surface area contributed by atoms with Crippen LogP contribution in [0.3, 0.4) is 0 Å². The predicted molar refractivity (Wildman–Crippen MR) is 151 cm³/mol. The van der Waals surface area contributed by atoms with Crippen molar-refractivity contribution in [3.63, 3.8) is 0 Å². The van der Waals surface area contributed by atoms with E-state index in [2.05, 4.69) is 47.1 Å². The predicted octanol–water partition coefficient (Wildman–Crippen LogP) is 5.13. The molecule has 0 saturated carbocycles.